The van der Waals surface area contributed by atoms with Gasteiger partial charge in [-0.1, -0.05) is 30.3 Å². The molecule has 0 spiro atoms. The minimum atomic E-state index is -0.140. The molecule has 0 atom stereocenters. The topological polar surface area (TPSA) is 74.2 Å². The molecule has 1 aromatic heterocycles. The lowest BCUT2D eigenvalue weighted by molar-refractivity contribution is 0.174. The van der Waals surface area contributed by atoms with Crippen LogP contribution < -0.4 is 10.6 Å². The maximum atomic E-state index is 12.0. The van der Waals surface area contributed by atoms with E-state index in [9.17, 15) is 4.79 Å². The van der Waals surface area contributed by atoms with E-state index in [2.05, 4.69) is 15.6 Å². The third kappa shape index (κ3) is 4.55. The van der Waals surface area contributed by atoms with E-state index in [1.54, 1.807) is 11.3 Å². The van der Waals surface area contributed by atoms with Crippen LogP contribution in [-0.4, -0.2) is 28.8 Å². The van der Waals surface area contributed by atoms with Crippen LogP contribution in [0.3, 0.4) is 0 Å². The number of nitrogens with one attached hydrogen (secondary N) is 2. The maximum Gasteiger partial charge on any atom is 0.315 e. The SMILES string of the molecule is O=C(NCc1nc(-c2ccccc2)cs1)NC1CCC(CO)CC1. The summed E-state index contributed by atoms with van der Waals surface area (Å²) in [6, 6.07) is 10.1. The predicted molar refractivity (Wildman–Crippen MR) is 95.8 cm³/mol. The first-order valence-corrected chi connectivity index (χ1v) is 9.27. The van der Waals surface area contributed by atoms with Crippen LogP contribution in [0.2, 0.25) is 0 Å². The van der Waals surface area contributed by atoms with E-state index in [4.69, 9.17) is 5.11 Å². The Morgan fingerprint density at radius 3 is 2.67 bits per heavy atom. The average molecular weight is 345 g/mol. The second-order valence-electron chi connectivity index (χ2n) is 6.22. The van der Waals surface area contributed by atoms with Crippen molar-refractivity contribution >= 4 is 17.4 Å². The Hall–Kier alpha value is -1.92. The largest absolute Gasteiger partial charge is 0.396 e. The summed E-state index contributed by atoms with van der Waals surface area (Å²) in [5, 5.41) is 18.0. The van der Waals surface area contributed by atoms with E-state index in [-0.39, 0.29) is 18.7 Å². The predicted octanol–water partition coefficient (Wildman–Crippen LogP) is 3.16. The molecule has 2 amide bonds. The number of rotatable bonds is 5. The number of aromatic nitrogens is 1. The number of nitrogens with zero attached hydrogens (tertiary/aromatic N) is 1. The van der Waals surface area contributed by atoms with Gasteiger partial charge in [-0.05, 0) is 31.6 Å². The van der Waals surface area contributed by atoms with Gasteiger partial charge >= 0.3 is 6.03 Å². The van der Waals surface area contributed by atoms with Gasteiger partial charge in [0, 0.05) is 23.6 Å². The van der Waals surface area contributed by atoms with Gasteiger partial charge in [-0.2, -0.15) is 0 Å². The van der Waals surface area contributed by atoms with Crippen LogP contribution in [-0.2, 0) is 6.54 Å². The van der Waals surface area contributed by atoms with Gasteiger partial charge < -0.3 is 15.7 Å². The molecule has 2 aromatic rings. The maximum absolute atomic E-state index is 12.0. The van der Waals surface area contributed by atoms with Gasteiger partial charge in [0.1, 0.15) is 5.01 Å². The second kappa shape index (κ2) is 8.26. The van der Waals surface area contributed by atoms with Crippen LogP contribution in [0.15, 0.2) is 35.7 Å². The van der Waals surface area contributed by atoms with Crippen LogP contribution in [0.5, 0.6) is 0 Å². The highest BCUT2D eigenvalue weighted by Gasteiger charge is 2.21. The van der Waals surface area contributed by atoms with Crippen LogP contribution >= 0.6 is 11.3 Å². The number of thiazole rings is 1. The molecule has 1 aliphatic carbocycles. The Kier molecular flexibility index (Phi) is 5.82. The minimum absolute atomic E-state index is 0.140. The molecule has 0 saturated heterocycles. The van der Waals surface area contributed by atoms with E-state index in [1.165, 1.54) is 0 Å². The molecule has 1 saturated carbocycles. The first kappa shape index (κ1) is 16.9. The molecular formula is C18H23N3O2S. The Morgan fingerprint density at radius 1 is 1.21 bits per heavy atom. The van der Waals surface area contributed by atoms with Crippen LogP contribution in [0.25, 0.3) is 11.3 Å². The smallest absolute Gasteiger partial charge is 0.315 e. The van der Waals surface area contributed by atoms with Crippen LogP contribution in [0, 0.1) is 5.92 Å². The highest BCUT2D eigenvalue weighted by molar-refractivity contribution is 7.09. The first-order valence-electron chi connectivity index (χ1n) is 8.39. The Bertz CT molecular complexity index is 651. The van der Waals surface area contributed by atoms with Gasteiger partial charge in [0.05, 0.1) is 12.2 Å². The fourth-order valence-electron chi connectivity index (χ4n) is 3.02. The van der Waals surface area contributed by atoms with Crippen LogP contribution in [0.4, 0.5) is 4.79 Å². The number of carbonyl (C=O) groups is 1. The van der Waals surface area contributed by atoms with E-state index in [0.29, 0.717) is 12.5 Å². The summed E-state index contributed by atoms with van der Waals surface area (Å²) in [5.74, 6) is 0.401. The summed E-state index contributed by atoms with van der Waals surface area (Å²) in [6.07, 6.45) is 3.84. The molecule has 1 aliphatic rings. The summed E-state index contributed by atoms with van der Waals surface area (Å²) in [5.41, 5.74) is 2.03. The molecule has 1 aromatic carbocycles. The minimum Gasteiger partial charge on any atom is -0.396 e. The van der Waals surface area contributed by atoms with Crippen molar-refractivity contribution in [2.75, 3.05) is 6.61 Å². The zero-order chi connectivity index (χ0) is 16.8. The standard InChI is InChI=1S/C18H23N3O2S/c22-11-13-6-8-15(9-7-13)20-18(23)19-10-17-21-16(12-24-17)14-4-2-1-3-5-14/h1-5,12-13,15,22H,6-11H2,(H2,19,20,23). The summed E-state index contributed by atoms with van der Waals surface area (Å²) >= 11 is 1.55. The molecule has 128 valence electrons. The highest BCUT2D eigenvalue weighted by atomic mass is 32.1. The van der Waals surface area contributed by atoms with Gasteiger partial charge in [-0.3, -0.25) is 0 Å². The summed E-state index contributed by atoms with van der Waals surface area (Å²) in [4.78, 5) is 16.6. The van der Waals surface area contributed by atoms with Gasteiger partial charge in [-0.25, -0.2) is 9.78 Å². The van der Waals surface area contributed by atoms with Crippen LogP contribution in [0.1, 0.15) is 30.7 Å². The quantitative estimate of drug-likeness (QED) is 0.779. The Labute approximate surface area is 146 Å². The Morgan fingerprint density at radius 2 is 1.96 bits per heavy atom. The number of hydrogen-bond donors (Lipinski definition) is 3. The molecule has 1 fully saturated rings. The molecule has 6 heteroatoms. The highest BCUT2D eigenvalue weighted by Crippen LogP contribution is 2.24. The molecule has 24 heavy (non-hydrogen) atoms. The zero-order valence-electron chi connectivity index (χ0n) is 13.6. The third-order valence-corrected chi connectivity index (χ3v) is 5.31. The zero-order valence-corrected chi connectivity index (χ0v) is 14.4. The number of urea groups is 1. The lowest BCUT2D eigenvalue weighted by atomic mass is 9.87. The van der Waals surface area contributed by atoms with Crippen molar-refractivity contribution < 1.29 is 9.90 Å². The van der Waals surface area contributed by atoms with Crippen molar-refractivity contribution in [1.82, 2.24) is 15.6 Å². The molecule has 1 heterocycles. The fourth-order valence-corrected chi connectivity index (χ4v) is 3.76. The number of aliphatic hydroxyl groups is 1. The molecule has 0 bridgehead atoms. The molecule has 0 radical (unpaired) electrons. The number of aliphatic hydroxyl groups excluding tert-OH is 1. The summed E-state index contributed by atoms with van der Waals surface area (Å²) in [7, 11) is 0. The second-order valence-corrected chi connectivity index (χ2v) is 7.16. The van der Waals surface area contributed by atoms with Crippen molar-refractivity contribution in [2.24, 2.45) is 5.92 Å². The van der Waals surface area contributed by atoms with Gasteiger partial charge in [0.25, 0.3) is 0 Å². The first-order chi connectivity index (χ1) is 11.7. The van der Waals surface area contributed by atoms with Gasteiger partial charge in [-0.15, -0.1) is 11.3 Å². The van der Waals surface area contributed by atoms with Crippen molar-refractivity contribution in [2.45, 2.75) is 38.3 Å². The van der Waals surface area contributed by atoms with Crippen molar-refractivity contribution in [3.63, 3.8) is 0 Å². The third-order valence-electron chi connectivity index (χ3n) is 4.46. The monoisotopic (exact) mass is 345 g/mol. The molecular weight excluding hydrogens is 322 g/mol. The molecule has 3 rings (SSSR count). The van der Waals surface area contributed by atoms with Crippen molar-refractivity contribution in [1.29, 1.82) is 0 Å². The van der Waals surface area contributed by atoms with E-state index >= 15 is 0 Å². The molecule has 0 unspecified atom stereocenters. The molecule has 5 nitrogen and oxygen atoms in total. The molecule has 3 N–H and O–H groups in total. The number of benzene rings is 1. The van der Waals surface area contributed by atoms with E-state index in [1.807, 2.05) is 35.7 Å². The van der Waals surface area contributed by atoms with E-state index in [0.717, 1.165) is 41.9 Å². The van der Waals surface area contributed by atoms with Crippen molar-refractivity contribution in [3.05, 3.63) is 40.7 Å². The summed E-state index contributed by atoms with van der Waals surface area (Å²) < 4.78 is 0. The lowest BCUT2D eigenvalue weighted by Crippen LogP contribution is -2.43. The average Bonchev–Trinajstić information content (AvgIpc) is 3.10. The number of amides is 2. The normalized spacial score (nSPS) is 20.5. The molecule has 0 aliphatic heterocycles. The Balaban J connectivity index is 1.44. The van der Waals surface area contributed by atoms with Gasteiger partial charge in [0.2, 0.25) is 0 Å². The fraction of sp³-hybridized carbons (Fsp3) is 0.444. The van der Waals surface area contributed by atoms with E-state index < -0.39 is 0 Å². The number of carbonyl (C=O) groups excluding carboxylic acids is 1. The number of hydrogen-bond acceptors (Lipinski definition) is 4. The lowest BCUT2D eigenvalue weighted by Gasteiger charge is -2.27. The summed E-state index contributed by atoms with van der Waals surface area (Å²) in [6.45, 7) is 0.696. The van der Waals surface area contributed by atoms with Gasteiger partial charge in [0.15, 0.2) is 0 Å². The van der Waals surface area contributed by atoms with Crippen molar-refractivity contribution in [3.8, 4) is 11.3 Å².